The molecule has 0 fully saturated rings. The number of aromatic nitrogens is 2. The van der Waals surface area contributed by atoms with Crippen LogP contribution < -0.4 is 10.6 Å². The van der Waals surface area contributed by atoms with Gasteiger partial charge in [0.15, 0.2) is 0 Å². The molecule has 0 spiro atoms. The lowest BCUT2D eigenvalue weighted by Gasteiger charge is -2.04. The number of hydrogen-bond acceptors (Lipinski definition) is 3. The second-order valence-electron chi connectivity index (χ2n) is 3.75. The van der Waals surface area contributed by atoms with E-state index in [1.54, 1.807) is 10.9 Å². The topological polar surface area (TPSA) is 76.0 Å². The van der Waals surface area contributed by atoms with Gasteiger partial charge in [-0.25, -0.2) is 0 Å². The molecule has 0 aliphatic heterocycles. The van der Waals surface area contributed by atoms with Crippen LogP contribution in [0.25, 0.3) is 0 Å². The van der Waals surface area contributed by atoms with E-state index in [2.05, 4.69) is 15.7 Å². The van der Waals surface area contributed by atoms with E-state index < -0.39 is 0 Å². The van der Waals surface area contributed by atoms with E-state index in [-0.39, 0.29) is 18.4 Å². The Balaban J connectivity index is 2.19. The number of amides is 2. The second-order valence-corrected chi connectivity index (χ2v) is 3.75. The van der Waals surface area contributed by atoms with Gasteiger partial charge in [-0.3, -0.25) is 14.3 Å². The highest BCUT2D eigenvalue weighted by molar-refractivity contribution is 5.84. The fourth-order valence-corrected chi connectivity index (χ4v) is 1.39. The third-order valence-electron chi connectivity index (χ3n) is 2.22. The van der Waals surface area contributed by atoms with Crippen LogP contribution >= 0.6 is 0 Å². The molecule has 0 aromatic carbocycles. The maximum Gasteiger partial charge on any atom is 0.239 e. The Bertz CT molecular complexity index is 387. The molecule has 1 rings (SSSR count). The minimum Gasteiger partial charge on any atom is -0.355 e. The summed E-state index contributed by atoms with van der Waals surface area (Å²) < 4.78 is 1.70. The first-order valence-corrected chi connectivity index (χ1v) is 5.62. The molecule has 2 N–H and O–H groups in total. The number of carbonyl (C=O) groups excluding carboxylic acids is 2. The SMILES string of the molecule is CCNC(=O)CNC(=O)CCc1cnn(C)c1. The molecule has 0 aliphatic rings. The minimum absolute atomic E-state index is 0.0414. The first kappa shape index (κ1) is 13.2. The summed E-state index contributed by atoms with van der Waals surface area (Å²) in [5.41, 5.74) is 1.01. The van der Waals surface area contributed by atoms with Crippen LogP contribution in [0, 0.1) is 0 Å². The summed E-state index contributed by atoms with van der Waals surface area (Å²) in [6.07, 6.45) is 4.61. The van der Waals surface area contributed by atoms with Gasteiger partial charge in [-0.15, -0.1) is 0 Å². The number of nitrogens with zero attached hydrogens (tertiary/aromatic N) is 2. The molecule has 0 saturated carbocycles. The van der Waals surface area contributed by atoms with Crippen molar-refractivity contribution in [2.45, 2.75) is 19.8 Å². The number of hydrogen-bond donors (Lipinski definition) is 2. The summed E-state index contributed by atoms with van der Waals surface area (Å²) in [5.74, 6) is -0.290. The summed E-state index contributed by atoms with van der Waals surface area (Å²) in [6, 6.07) is 0. The quantitative estimate of drug-likeness (QED) is 0.708. The van der Waals surface area contributed by atoms with Crippen molar-refractivity contribution in [3.8, 4) is 0 Å². The number of rotatable bonds is 6. The molecule has 0 radical (unpaired) electrons. The standard InChI is InChI=1S/C11H18N4O2/c1-3-12-11(17)7-13-10(16)5-4-9-6-14-15(2)8-9/h6,8H,3-5,7H2,1-2H3,(H,12,17)(H,13,16). The molecule has 1 heterocycles. The molecule has 2 amide bonds. The van der Waals surface area contributed by atoms with Gasteiger partial charge in [0.2, 0.25) is 11.8 Å². The molecule has 6 heteroatoms. The van der Waals surface area contributed by atoms with Gasteiger partial charge in [0.05, 0.1) is 12.7 Å². The van der Waals surface area contributed by atoms with E-state index in [4.69, 9.17) is 0 Å². The van der Waals surface area contributed by atoms with Crippen LogP contribution in [0.5, 0.6) is 0 Å². The maximum atomic E-state index is 11.4. The molecule has 0 atom stereocenters. The highest BCUT2D eigenvalue weighted by Gasteiger charge is 2.05. The van der Waals surface area contributed by atoms with E-state index in [1.165, 1.54) is 0 Å². The Morgan fingerprint density at radius 3 is 2.71 bits per heavy atom. The molecule has 1 aromatic rings. The first-order chi connectivity index (χ1) is 8.11. The van der Waals surface area contributed by atoms with Crippen LogP contribution in [0.2, 0.25) is 0 Å². The van der Waals surface area contributed by atoms with Gasteiger partial charge in [-0.1, -0.05) is 0 Å². The Labute approximate surface area is 100 Å². The van der Waals surface area contributed by atoms with Gasteiger partial charge in [0.1, 0.15) is 0 Å². The van der Waals surface area contributed by atoms with Crippen molar-refractivity contribution in [1.29, 1.82) is 0 Å². The van der Waals surface area contributed by atoms with Crippen molar-refractivity contribution in [3.63, 3.8) is 0 Å². The number of aryl methyl sites for hydroxylation is 2. The smallest absolute Gasteiger partial charge is 0.239 e. The molecule has 0 saturated heterocycles. The van der Waals surface area contributed by atoms with Gasteiger partial charge < -0.3 is 10.6 Å². The van der Waals surface area contributed by atoms with Crippen molar-refractivity contribution in [1.82, 2.24) is 20.4 Å². The number of nitrogens with one attached hydrogen (secondary N) is 2. The van der Waals surface area contributed by atoms with E-state index in [0.717, 1.165) is 5.56 Å². The van der Waals surface area contributed by atoms with Crippen LogP contribution in [-0.4, -0.2) is 34.7 Å². The van der Waals surface area contributed by atoms with Crippen molar-refractivity contribution in [2.75, 3.05) is 13.1 Å². The van der Waals surface area contributed by atoms with Crippen LogP contribution in [0.1, 0.15) is 18.9 Å². The summed E-state index contributed by atoms with van der Waals surface area (Å²) in [5, 5.41) is 9.19. The van der Waals surface area contributed by atoms with Gasteiger partial charge in [-0.05, 0) is 18.9 Å². The third kappa shape index (κ3) is 5.14. The Morgan fingerprint density at radius 1 is 1.35 bits per heavy atom. The molecule has 0 bridgehead atoms. The van der Waals surface area contributed by atoms with Crippen LogP contribution in [0.3, 0.4) is 0 Å². The monoisotopic (exact) mass is 238 g/mol. The zero-order chi connectivity index (χ0) is 12.7. The molecule has 0 aliphatic carbocycles. The van der Waals surface area contributed by atoms with E-state index in [1.807, 2.05) is 20.2 Å². The van der Waals surface area contributed by atoms with Gasteiger partial charge in [0, 0.05) is 26.2 Å². The van der Waals surface area contributed by atoms with E-state index in [0.29, 0.717) is 19.4 Å². The molecular weight excluding hydrogens is 220 g/mol. The summed E-state index contributed by atoms with van der Waals surface area (Å²) in [4.78, 5) is 22.5. The van der Waals surface area contributed by atoms with Crippen LogP contribution in [-0.2, 0) is 23.1 Å². The zero-order valence-corrected chi connectivity index (χ0v) is 10.2. The summed E-state index contributed by atoms with van der Waals surface area (Å²) in [6.45, 7) is 2.45. The van der Waals surface area contributed by atoms with Gasteiger partial charge in [-0.2, -0.15) is 5.10 Å². The second kappa shape index (κ2) is 6.67. The van der Waals surface area contributed by atoms with Crippen molar-refractivity contribution in [3.05, 3.63) is 18.0 Å². The summed E-state index contributed by atoms with van der Waals surface area (Å²) >= 11 is 0. The first-order valence-electron chi connectivity index (χ1n) is 5.62. The highest BCUT2D eigenvalue weighted by Crippen LogP contribution is 2.00. The molecule has 17 heavy (non-hydrogen) atoms. The molecule has 0 unspecified atom stereocenters. The zero-order valence-electron chi connectivity index (χ0n) is 10.2. The number of carbonyl (C=O) groups is 2. The van der Waals surface area contributed by atoms with Crippen molar-refractivity contribution < 1.29 is 9.59 Å². The van der Waals surface area contributed by atoms with Crippen molar-refractivity contribution >= 4 is 11.8 Å². The molecular formula is C11H18N4O2. The number of likely N-dealkylation sites (N-methyl/N-ethyl adjacent to an activating group) is 1. The largest absolute Gasteiger partial charge is 0.355 e. The lowest BCUT2D eigenvalue weighted by Crippen LogP contribution is -2.36. The van der Waals surface area contributed by atoms with E-state index in [9.17, 15) is 9.59 Å². The predicted octanol–water partition coefficient (Wildman–Crippen LogP) is -0.395. The average molecular weight is 238 g/mol. The Morgan fingerprint density at radius 2 is 2.12 bits per heavy atom. The highest BCUT2D eigenvalue weighted by atomic mass is 16.2. The van der Waals surface area contributed by atoms with Gasteiger partial charge >= 0.3 is 0 Å². The third-order valence-corrected chi connectivity index (χ3v) is 2.22. The fourth-order valence-electron chi connectivity index (χ4n) is 1.39. The fraction of sp³-hybridized carbons (Fsp3) is 0.545. The van der Waals surface area contributed by atoms with Crippen molar-refractivity contribution in [2.24, 2.45) is 7.05 Å². The molecule has 1 aromatic heterocycles. The average Bonchev–Trinajstić information content (AvgIpc) is 2.70. The van der Waals surface area contributed by atoms with Crippen LogP contribution in [0.4, 0.5) is 0 Å². The Kier molecular flexibility index (Phi) is 5.19. The minimum atomic E-state index is -0.165. The lowest BCUT2D eigenvalue weighted by atomic mass is 10.2. The molecule has 6 nitrogen and oxygen atoms in total. The van der Waals surface area contributed by atoms with E-state index >= 15 is 0 Å². The van der Waals surface area contributed by atoms with Gasteiger partial charge in [0.25, 0.3) is 0 Å². The maximum absolute atomic E-state index is 11.4. The predicted molar refractivity (Wildman–Crippen MR) is 63.2 cm³/mol. The normalized spacial score (nSPS) is 10.0. The summed E-state index contributed by atoms with van der Waals surface area (Å²) in [7, 11) is 1.83. The molecule has 94 valence electrons. The van der Waals surface area contributed by atoms with Crippen LogP contribution in [0.15, 0.2) is 12.4 Å². The lowest BCUT2D eigenvalue weighted by molar-refractivity contribution is -0.126. The Hall–Kier alpha value is -1.85.